The molecule has 122 valence electrons. The Hall–Kier alpha value is -1.69. The van der Waals surface area contributed by atoms with Gasteiger partial charge in [-0.2, -0.15) is 0 Å². The molecule has 1 aliphatic heterocycles. The van der Waals surface area contributed by atoms with Gasteiger partial charge in [-0.05, 0) is 13.0 Å². The predicted molar refractivity (Wildman–Crippen MR) is 86.2 cm³/mol. The molecule has 22 heavy (non-hydrogen) atoms. The Labute approximate surface area is 132 Å². The molecule has 1 aliphatic rings. The van der Waals surface area contributed by atoms with Gasteiger partial charge in [0.1, 0.15) is 0 Å². The Kier molecular flexibility index (Phi) is 5.01. The SMILES string of the molecule is CC1CN(CCC(=O)O)CCN1c1nccc(C(C)(C)C)n1. The number of carbonyl (C=O) groups is 1. The van der Waals surface area contributed by atoms with Crippen LogP contribution in [0.25, 0.3) is 0 Å². The smallest absolute Gasteiger partial charge is 0.304 e. The number of aromatic nitrogens is 2. The summed E-state index contributed by atoms with van der Waals surface area (Å²) in [6.45, 7) is 11.7. The third-order valence-corrected chi connectivity index (χ3v) is 4.02. The maximum absolute atomic E-state index is 10.7. The number of piperazine rings is 1. The number of hydrogen-bond donors (Lipinski definition) is 1. The van der Waals surface area contributed by atoms with Crippen LogP contribution in [0.2, 0.25) is 0 Å². The molecule has 0 amide bonds. The monoisotopic (exact) mass is 306 g/mol. The molecule has 1 N–H and O–H groups in total. The summed E-state index contributed by atoms with van der Waals surface area (Å²) in [7, 11) is 0. The molecule has 6 heteroatoms. The van der Waals surface area contributed by atoms with Crippen LogP contribution in [0.3, 0.4) is 0 Å². The first kappa shape index (κ1) is 16.7. The van der Waals surface area contributed by atoms with Crippen molar-refractivity contribution in [2.45, 2.75) is 45.6 Å². The molecule has 1 aromatic heterocycles. The lowest BCUT2D eigenvalue weighted by Gasteiger charge is -2.40. The molecule has 6 nitrogen and oxygen atoms in total. The molecule has 1 saturated heterocycles. The minimum absolute atomic E-state index is 0.00420. The van der Waals surface area contributed by atoms with Gasteiger partial charge in [0.25, 0.3) is 0 Å². The van der Waals surface area contributed by atoms with Gasteiger partial charge in [0, 0.05) is 43.8 Å². The van der Waals surface area contributed by atoms with E-state index in [1.54, 1.807) is 0 Å². The molecule has 1 fully saturated rings. The van der Waals surface area contributed by atoms with Crippen LogP contribution in [-0.4, -0.2) is 58.2 Å². The third-order valence-electron chi connectivity index (χ3n) is 4.02. The van der Waals surface area contributed by atoms with Crippen LogP contribution in [-0.2, 0) is 10.2 Å². The average molecular weight is 306 g/mol. The van der Waals surface area contributed by atoms with Crippen molar-refractivity contribution in [1.82, 2.24) is 14.9 Å². The summed E-state index contributed by atoms with van der Waals surface area (Å²) >= 11 is 0. The van der Waals surface area contributed by atoms with E-state index in [9.17, 15) is 4.79 Å². The van der Waals surface area contributed by atoms with Crippen molar-refractivity contribution < 1.29 is 9.90 Å². The molecule has 0 saturated carbocycles. The van der Waals surface area contributed by atoms with Gasteiger partial charge in [-0.1, -0.05) is 20.8 Å². The van der Waals surface area contributed by atoms with E-state index in [0.29, 0.717) is 6.54 Å². The standard InChI is InChI=1S/C16H26N4O2/c1-12-11-19(8-6-14(21)22)9-10-20(12)15-17-7-5-13(18-15)16(2,3)4/h5,7,12H,6,8-11H2,1-4H3,(H,21,22). The van der Waals surface area contributed by atoms with Crippen molar-refractivity contribution in [1.29, 1.82) is 0 Å². The number of carboxylic acid groups (broad SMARTS) is 1. The number of anilines is 1. The maximum Gasteiger partial charge on any atom is 0.304 e. The lowest BCUT2D eigenvalue weighted by Crippen LogP contribution is -2.53. The minimum Gasteiger partial charge on any atom is -0.481 e. The largest absolute Gasteiger partial charge is 0.481 e. The molecule has 1 aromatic rings. The van der Waals surface area contributed by atoms with E-state index in [4.69, 9.17) is 10.1 Å². The van der Waals surface area contributed by atoms with Crippen molar-refractivity contribution in [3.05, 3.63) is 18.0 Å². The molecule has 0 radical (unpaired) electrons. The fourth-order valence-corrected chi connectivity index (χ4v) is 2.69. The van der Waals surface area contributed by atoms with E-state index in [1.165, 1.54) is 0 Å². The Bertz CT molecular complexity index is 527. The highest BCUT2D eigenvalue weighted by Gasteiger charge is 2.26. The van der Waals surface area contributed by atoms with Crippen LogP contribution >= 0.6 is 0 Å². The van der Waals surface area contributed by atoms with Crippen molar-refractivity contribution in [3.63, 3.8) is 0 Å². The summed E-state index contributed by atoms with van der Waals surface area (Å²) < 4.78 is 0. The third kappa shape index (κ3) is 4.16. The van der Waals surface area contributed by atoms with E-state index in [-0.39, 0.29) is 17.9 Å². The normalized spacial score (nSPS) is 20.2. The Morgan fingerprint density at radius 2 is 2.14 bits per heavy atom. The first-order valence-electron chi connectivity index (χ1n) is 7.81. The Balaban J connectivity index is 2.04. The lowest BCUT2D eigenvalue weighted by molar-refractivity contribution is -0.137. The van der Waals surface area contributed by atoms with Gasteiger partial charge in [0.2, 0.25) is 5.95 Å². The van der Waals surface area contributed by atoms with E-state index >= 15 is 0 Å². The van der Waals surface area contributed by atoms with Gasteiger partial charge in [0.05, 0.1) is 12.1 Å². The molecule has 2 rings (SSSR count). The van der Waals surface area contributed by atoms with Crippen molar-refractivity contribution in [3.8, 4) is 0 Å². The van der Waals surface area contributed by atoms with Crippen molar-refractivity contribution in [2.75, 3.05) is 31.1 Å². The quantitative estimate of drug-likeness (QED) is 0.914. The Morgan fingerprint density at radius 3 is 2.73 bits per heavy atom. The molecular weight excluding hydrogens is 280 g/mol. The summed E-state index contributed by atoms with van der Waals surface area (Å²) in [5.74, 6) is 0.0362. The topological polar surface area (TPSA) is 69.6 Å². The summed E-state index contributed by atoms with van der Waals surface area (Å²) in [5, 5.41) is 8.79. The van der Waals surface area contributed by atoms with Gasteiger partial charge >= 0.3 is 5.97 Å². The van der Waals surface area contributed by atoms with Crippen LogP contribution in [0.5, 0.6) is 0 Å². The van der Waals surface area contributed by atoms with Crippen molar-refractivity contribution in [2.24, 2.45) is 0 Å². The number of carboxylic acids is 1. The number of nitrogens with zero attached hydrogens (tertiary/aromatic N) is 4. The number of rotatable bonds is 4. The minimum atomic E-state index is -0.740. The maximum atomic E-state index is 10.7. The summed E-state index contributed by atoms with van der Waals surface area (Å²) in [6, 6.07) is 2.25. The summed E-state index contributed by atoms with van der Waals surface area (Å²) in [5.41, 5.74) is 1.04. The summed E-state index contributed by atoms with van der Waals surface area (Å²) in [4.78, 5) is 24.2. The molecule has 2 heterocycles. The molecule has 0 aliphatic carbocycles. The second kappa shape index (κ2) is 6.60. The fourth-order valence-electron chi connectivity index (χ4n) is 2.69. The first-order valence-corrected chi connectivity index (χ1v) is 7.81. The highest BCUT2D eigenvalue weighted by molar-refractivity contribution is 5.66. The zero-order chi connectivity index (χ0) is 16.3. The predicted octanol–water partition coefficient (Wildman–Crippen LogP) is 1.76. The fraction of sp³-hybridized carbons (Fsp3) is 0.688. The highest BCUT2D eigenvalue weighted by atomic mass is 16.4. The zero-order valence-corrected chi connectivity index (χ0v) is 13.9. The first-order chi connectivity index (χ1) is 10.3. The van der Waals surface area contributed by atoms with Crippen LogP contribution in [0.4, 0.5) is 5.95 Å². The zero-order valence-electron chi connectivity index (χ0n) is 13.9. The number of hydrogen-bond acceptors (Lipinski definition) is 5. The summed E-state index contributed by atoms with van der Waals surface area (Å²) in [6.07, 6.45) is 2.02. The molecule has 0 bridgehead atoms. The van der Waals surface area contributed by atoms with Gasteiger partial charge in [0.15, 0.2) is 0 Å². The highest BCUT2D eigenvalue weighted by Crippen LogP contribution is 2.23. The molecule has 0 spiro atoms. The van der Waals surface area contributed by atoms with Crippen LogP contribution in [0, 0.1) is 0 Å². The van der Waals surface area contributed by atoms with Crippen LogP contribution in [0.15, 0.2) is 12.3 Å². The van der Waals surface area contributed by atoms with Gasteiger partial charge in [-0.25, -0.2) is 9.97 Å². The van der Waals surface area contributed by atoms with Crippen LogP contribution < -0.4 is 4.90 Å². The van der Waals surface area contributed by atoms with Crippen LogP contribution in [0.1, 0.15) is 39.8 Å². The molecule has 1 unspecified atom stereocenters. The van der Waals surface area contributed by atoms with E-state index in [0.717, 1.165) is 31.3 Å². The molecular formula is C16H26N4O2. The van der Waals surface area contributed by atoms with E-state index in [2.05, 4.69) is 42.5 Å². The van der Waals surface area contributed by atoms with Gasteiger partial charge in [-0.15, -0.1) is 0 Å². The van der Waals surface area contributed by atoms with Crippen molar-refractivity contribution >= 4 is 11.9 Å². The van der Waals surface area contributed by atoms with E-state index in [1.807, 2.05) is 12.3 Å². The molecule has 1 atom stereocenters. The van der Waals surface area contributed by atoms with Gasteiger partial charge < -0.3 is 10.0 Å². The Morgan fingerprint density at radius 1 is 1.41 bits per heavy atom. The van der Waals surface area contributed by atoms with Gasteiger partial charge in [-0.3, -0.25) is 9.69 Å². The average Bonchev–Trinajstić information content (AvgIpc) is 2.44. The molecule has 0 aromatic carbocycles. The van der Waals surface area contributed by atoms with E-state index < -0.39 is 5.97 Å². The second-order valence-electron chi connectivity index (χ2n) is 6.98. The lowest BCUT2D eigenvalue weighted by atomic mass is 9.92. The number of aliphatic carboxylic acids is 1. The second-order valence-corrected chi connectivity index (χ2v) is 6.98.